The SMILES string of the molecule is CCCCCCCC[Si@@](c1ccccc1)(C(C)C1C=CC=CC1CC)[C@H]1CCC2C=CC=CC21. The standard InChI is InChI=1S/C33H48Si/c1-4-6-7-8-9-17-26-34(30-20-11-10-12-21-30,27(3)31-22-15-13-18-28(31)5-2)33-25-24-29-19-14-16-23-32(29)33/h10-16,18-23,27-29,31-33H,4-9,17,24-26H2,1-3H3/t27?,28?,29?,31?,32?,33-,34-/m0/s1. The van der Waals surface area contributed by atoms with Crippen molar-refractivity contribution in [3.05, 3.63) is 78.9 Å². The number of fused-ring (bicyclic) bond motifs is 1. The molecule has 184 valence electrons. The van der Waals surface area contributed by atoms with Gasteiger partial charge in [0.15, 0.2) is 0 Å². The van der Waals surface area contributed by atoms with Gasteiger partial charge >= 0.3 is 0 Å². The van der Waals surface area contributed by atoms with Gasteiger partial charge in [-0.3, -0.25) is 0 Å². The highest BCUT2D eigenvalue weighted by Gasteiger charge is 2.54. The van der Waals surface area contributed by atoms with Crippen molar-refractivity contribution in [3.8, 4) is 0 Å². The zero-order valence-corrected chi connectivity index (χ0v) is 23.0. The van der Waals surface area contributed by atoms with Crippen molar-refractivity contribution in [1.82, 2.24) is 0 Å². The maximum Gasteiger partial charge on any atom is 0.0937 e. The molecule has 1 aromatic carbocycles. The molecule has 5 unspecified atom stereocenters. The fourth-order valence-corrected chi connectivity index (χ4v) is 15.0. The van der Waals surface area contributed by atoms with Crippen LogP contribution in [0.4, 0.5) is 0 Å². The fraction of sp³-hybridized carbons (Fsp3) is 0.576. The first-order valence-electron chi connectivity index (χ1n) is 14.5. The Morgan fingerprint density at radius 1 is 0.794 bits per heavy atom. The van der Waals surface area contributed by atoms with Gasteiger partial charge in [0.2, 0.25) is 0 Å². The van der Waals surface area contributed by atoms with Crippen LogP contribution in [0.15, 0.2) is 78.9 Å². The average Bonchev–Trinajstić information content (AvgIpc) is 3.33. The summed E-state index contributed by atoms with van der Waals surface area (Å²) in [6, 6.07) is 13.5. The molecular weight excluding hydrogens is 424 g/mol. The smallest absolute Gasteiger partial charge is 0.0809 e. The molecule has 0 saturated heterocycles. The summed E-state index contributed by atoms with van der Waals surface area (Å²) in [5.74, 6) is 2.90. The number of benzene rings is 1. The topological polar surface area (TPSA) is 0 Å². The van der Waals surface area contributed by atoms with E-state index in [9.17, 15) is 0 Å². The van der Waals surface area contributed by atoms with E-state index in [1.54, 1.807) is 5.19 Å². The van der Waals surface area contributed by atoms with E-state index < -0.39 is 8.07 Å². The summed E-state index contributed by atoms with van der Waals surface area (Å²) in [5, 5.41) is 1.75. The zero-order chi connectivity index (χ0) is 23.8. The number of hydrogen-bond acceptors (Lipinski definition) is 0. The Kier molecular flexibility index (Phi) is 9.28. The summed E-state index contributed by atoms with van der Waals surface area (Å²) in [6.45, 7) is 7.41. The second-order valence-corrected chi connectivity index (χ2v) is 16.1. The van der Waals surface area contributed by atoms with Gasteiger partial charge in [-0.15, -0.1) is 0 Å². The molecule has 0 nitrogen and oxygen atoms in total. The quantitative estimate of drug-likeness (QED) is 0.210. The summed E-state index contributed by atoms with van der Waals surface area (Å²) in [6.07, 6.45) is 32.1. The Morgan fingerprint density at radius 3 is 2.29 bits per heavy atom. The van der Waals surface area contributed by atoms with Crippen LogP contribution in [0.3, 0.4) is 0 Å². The molecule has 3 aliphatic carbocycles. The van der Waals surface area contributed by atoms with E-state index in [0.717, 1.165) is 22.9 Å². The van der Waals surface area contributed by atoms with Crippen molar-refractivity contribution in [2.45, 2.75) is 95.7 Å². The molecule has 0 aromatic heterocycles. The lowest BCUT2D eigenvalue weighted by Crippen LogP contribution is -2.58. The minimum Gasteiger partial charge on any atom is -0.0809 e. The molecule has 34 heavy (non-hydrogen) atoms. The van der Waals surface area contributed by atoms with E-state index in [2.05, 4.69) is 99.7 Å². The lowest BCUT2D eigenvalue weighted by Gasteiger charge is -2.49. The van der Waals surface area contributed by atoms with Crippen LogP contribution >= 0.6 is 0 Å². The normalized spacial score (nSPS) is 30.3. The van der Waals surface area contributed by atoms with Crippen LogP contribution in [0.1, 0.15) is 78.6 Å². The van der Waals surface area contributed by atoms with Gasteiger partial charge in [0.05, 0.1) is 8.07 Å². The van der Waals surface area contributed by atoms with Crippen molar-refractivity contribution in [3.63, 3.8) is 0 Å². The van der Waals surface area contributed by atoms with Crippen molar-refractivity contribution in [2.24, 2.45) is 23.7 Å². The van der Waals surface area contributed by atoms with E-state index in [1.165, 1.54) is 63.8 Å². The number of hydrogen-bond donors (Lipinski definition) is 0. The van der Waals surface area contributed by atoms with E-state index in [0.29, 0.717) is 11.8 Å². The van der Waals surface area contributed by atoms with Gasteiger partial charge in [0.25, 0.3) is 0 Å². The Labute approximate surface area is 211 Å². The first-order chi connectivity index (χ1) is 16.7. The van der Waals surface area contributed by atoms with Gasteiger partial charge in [-0.05, 0) is 47.6 Å². The summed E-state index contributed by atoms with van der Waals surface area (Å²) in [4.78, 5) is 0. The van der Waals surface area contributed by atoms with Gasteiger partial charge in [-0.1, -0.05) is 156 Å². The van der Waals surface area contributed by atoms with E-state index in [1.807, 2.05) is 0 Å². The van der Waals surface area contributed by atoms with E-state index >= 15 is 0 Å². The monoisotopic (exact) mass is 472 g/mol. The molecule has 1 heteroatoms. The van der Waals surface area contributed by atoms with Crippen LogP contribution in [0, 0.1) is 23.7 Å². The lowest BCUT2D eigenvalue weighted by molar-refractivity contribution is 0.428. The first-order valence-corrected chi connectivity index (χ1v) is 16.8. The van der Waals surface area contributed by atoms with Crippen LogP contribution in [-0.4, -0.2) is 8.07 Å². The van der Waals surface area contributed by atoms with Crippen LogP contribution in [-0.2, 0) is 0 Å². The molecule has 7 atom stereocenters. The van der Waals surface area contributed by atoms with Crippen LogP contribution in [0.2, 0.25) is 17.1 Å². The third-order valence-electron chi connectivity index (χ3n) is 9.65. The predicted molar refractivity (Wildman–Crippen MR) is 153 cm³/mol. The second kappa shape index (κ2) is 12.4. The minimum absolute atomic E-state index is 0.684. The lowest BCUT2D eigenvalue weighted by atomic mass is 9.84. The minimum atomic E-state index is -1.83. The maximum atomic E-state index is 2.68. The van der Waals surface area contributed by atoms with Crippen molar-refractivity contribution in [2.75, 3.05) is 0 Å². The number of rotatable bonds is 12. The Balaban J connectivity index is 1.72. The Morgan fingerprint density at radius 2 is 1.50 bits per heavy atom. The maximum absolute atomic E-state index is 2.68. The van der Waals surface area contributed by atoms with Gasteiger partial charge in [-0.2, -0.15) is 0 Å². The molecule has 0 aliphatic heterocycles. The van der Waals surface area contributed by atoms with Gasteiger partial charge < -0.3 is 0 Å². The van der Waals surface area contributed by atoms with Crippen LogP contribution < -0.4 is 5.19 Å². The molecule has 1 saturated carbocycles. The van der Waals surface area contributed by atoms with E-state index in [-0.39, 0.29) is 0 Å². The molecule has 0 spiro atoms. The Bertz CT molecular complexity index is 862. The zero-order valence-electron chi connectivity index (χ0n) is 22.0. The predicted octanol–water partition coefficient (Wildman–Crippen LogP) is 9.38. The highest BCUT2D eigenvalue weighted by molar-refractivity contribution is 6.94. The molecule has 0 heterocycles. The fourth-order valence-electron chi connectivity index (χ4n) is 7.83. The van der Waals surface area contributed by atoms with E-state index in [4.69, 9.17) is 0 Å². The molecule has 4 rings (SSSR count). The molecular formula is C33H48Si. The molecule has 0 radical (unpaired) electrons. The summed E-state index contributed by atoms with van der Waals surface area (Å²) < 4.78 is 0. The molecule has 3 aliphatic rings. The highest BCUT2D eigenvalue weighted by atomic mass is 28.3. The molecule has 1 fully saturated rings. The third kappa shape index (κ3) is 5.30. The van der Waals surface area contributed by atoms with Crippen molar-refractivity contribution >= 4 is 13.3 Å². The Hall–Kier alpha value is -1.60. The summed E-state index contributed by atoms with van der Waals surface area (Å²) in [7, 11) is -1.83. The van der Waals surface area contributed by atoms with Gasteiger partial charge in [-0.25, -0.2) is 0 Å². The molecule has 0 amide bonds. The summed E-state index contributed by atoms with van der Waals surface area (Å²) >= 11 is 0. The van der Waals surface area contributed by atoms with Gasteiger partial charge in [0, 0.05) is 0 Å². The number of allylic oxidation sites excluding steroid dienone is 8. The first kappa shape index (κ1) is 25.5. The molecule has 0 bridgehead atoms. The largest absolute Gasteiger partial charge is 0.0937 e. The van der Waals surface area contributed by atoms with Crippen molar-refractivity contribution in [1.29, 1.82) is 0 Å². The van der Waals surface area contributed by atoms with Crippen LogP contribution in [0.5, 0.6) is 0 Å². The summed E-state index contributed by atoms with van der Waals surface area (Å²) in [5.41, 5.74) is 1.63. The average molecular weight is 473 g/mol. The number of unbranched alkanes of at least 4 members (excludes halogenated alkanes) is 5. The van der Waals surface area contributed by atoms with Crippen molar-refractivity contribution < 1.29 is 0 Å². The second-order valence-electron chi connectivity index (χ2n) is 11.3. The third-order valence-corrected chi connectivity index (χ3v) is 16.2. The van der Waals surface area contributed by atoms with Crippen LogP contribution in [0.25, 0.3) is 0 Å². The highest BCUT2D eigenvalue weighted by Crippen LogP contribution is 2.56. The molecule has 0 N–H and O–H groups in total. The van der Waals surface area contributed by atoms with Gasteiger partial charge in [0.1, 0.15) is 0 Å². The molecule has 1 aromatic rings.